The molecule has 1 atom stereocenters. The van der Waals surface area contributed by atoms with Crippen LogP contribution in [-0.4, -0.2) is 13.2 Å². The van der Waals surface area contributed by atoms with Gasteiger partial charge in [0.25, 0.3) is 0 Å². The number of rotatable bonds is 7. The first-order chi connectivity index (χ1) is 7.36. The molecule has 0 heterocycles. The summed E-state index contributed by atoms with van der Waals surface area (Å²) in [6, 6.07) is 9.95. The molecule has 0 aliphatic rings. The molecule has 0 fully saturated rings. The SMILES string of the molecule is CCC(CN)CCCOc1ccccc1. The molecule has 0 aromatic heterocycles. The van der Waals surface area contributed by atoms with Gasteiger partial charge in [-0.1, -0.05) is 31.5 Å². The molecule has 0 saturated heterocycles. The van der Waals surface area contributed by atoms with Crippen LogP contribution in [0.5, 0.6) is 5.75 Å². The van der Waals surface area contributed by atoms with E-state index in [4.69, 9.17) is 10.5 Å². The zero-order valence-corrected chi connectivity index (χ0v) is 9.49. The van der Waals surface area contributed by atoms with E-state index in [0.29, 0.717) is 5.92 Å². The van der Waals surface area contributed by atoms with Gasteiger partial charge in [0.2, 0.25) is 0 Å². The van der Waals surface area contributed by atoms with Crippen LogP contribution < -0.4 is 10.5 Å². The minimum absolute atomic E-state index is 0.657. The highest BCUT2D eigenvalue weighted by molar-refractivity contribution is 5.20. The van der Waals surface area contributed by atoms with Gasteiger partial charge in [0.1, 0.15) is 5.75 Å². The summed E-state index contributed by atoms with van der Waals surface area (Å²) in [5, 5.41) is 0. The summed E-state index contributed by atoms with van der Waals surface area (Å²) in [6.45, 7) is 3.78. The molecule has 0 aliphatic carbocycles. The number of ether oxygens (including phenoxy) is 1. The van der Waals surface area contributed by atoms with Crippen molar-refractivity contribution in [1.29, 1.82) is 0 Å². The summed E-state index contributed by atoms with van der Waals surface area (Å²) in [5.74, 6) is 1.61. The molecule has 84 valence electrons. The van der Waals surface area contributed by atoms with Crippen LogP contribution in [0.4, 0.5) is 0 Å². The minimum Gasteiger partial charge on any atom is -0.494 e. The van der Waals surface area contributed by atoms with Gasteiger partial charge in [0, 0.05) is 0 Å². The Hall–Kier alpha value is -1.02. The normalized spacial score (nSPS) is 12.4. The summed E-state index contributed by atoms with van der Waals surface area (Å²) in [5.41, 5.74) is 5.64. The van der Waals surface area contributed by atoms with Crippen LogP contribution in [0.25, 0.3) is 0 Å². The number of hydrogen-bond acceptors (Lipinski definition) is 2. The highest BCUT2D eigenvalue weighted by Gasteiger charge is 2.02. The van der Waals surface area contributed by atoms with Crippen LogP contribution in [0.15, 0.2) is 30.3 Å². The highest BCUT2D eigenvalue weighted by atomic mass is 16.5. The molecule has 1 aromatic carbocycles. The van der Waals surface area contributed by atoms with Crippen molar-refractivity contribution in [3.8, 4) is 5.75 Å². The van der Waals surface area contributed by atoms with E-state index in [1.165, 1.54) is 12.8 Å². The van der Waals surface area contributed by atoms with Crippen molar-refractivity contribution in [2.75, 3.05) is 13.2 Å². The average Bonchev–Trinajstić information content (AvgIpc) is 2.31. The third-order valence-corrected chi connectivity index (χ3v) is 2.68. The van der Waals surface area contributed by atoms with Gasteiger partial charge in [-0.25, -0.2) is 0 Å². The minimum atomic E-state index is 0.657. The second-order valence-electron chi connectivity index (χ2n) is 3.81. The first-order valence-electron chi connectivity index (χ1n) is 5.74. The van der Waals surface area contributed by atoms with Crippen molar-refractivity contribution >= 4 is 0 Å². The van der Waals surface area contributed by atoms with Crippen molar-refractivity contribution in [2.24, 2.45) is 11.7 Å². The Morgan fingerprint density at radius 2 is 2.00 bits per heavy atom. The number of benzene rings is 1. The van der Waals surface area contributed by atoms with E-state index in [0.717, 1.165) is 25.3 Å². The molecular weight excluding hydrogens is 186 g/mol. The molecule has 1 rings (SSSR count). The van der Waals surface area contributed by atoms with Crippen LogP contribution in [-0.2, 0) is 0 Å². The van der Waals surface area contributed by atoms with Crippen molar-refractivity contribution in [2.45, 2.75) is 26.2 Å². The first kappa shape index (κ1) is 12.1. The molecule has 1 unspecified atom stereocenters. The lowest BCUT2D eigenvalue weighted by molar-refractivity contribution is 0.291. The van der Waals surface area contributed by atoms with E-state index < -0.39 is 0 Å². The monoisotopic (exact) mass is 207 g/mol. The summed E-state index contributed by atoms with van der Waals surface area (Å²) >= 11 is 0. The predicted molar refractivity (Wildman–Crippen MR) is 64.0 cm³/mol. The Morgan fingerprint density at radius 3 is 2.60 bits per heavy atom. The van der Waals surface area contributed by atoms with Gasteiger partial charge in [0.15, 0.2) is 0 Å². The fourth-order valence-electron chi connectivity index (χ4n) is 1.57. The van der Waals surface area contributed by atoms with E-state index in [-0.39, 0.29) is 0 Å². The molecule has 0 radical (unpaired) electrons. The summed E-state index contributed by atoms with van der Waals surface area (Å²) < 4.78 is 5.60. The second-order valence-corrected chi connectivity index (χ2v) is 3.81. The predicted octanol–water partition coefficient (Wildman–Crippen LogP) is 2.83. The quantitative estimate of drug-likeness (QED) is 0.698. The Morgan fingerprint density at radius 1 is 1.27 bits per heavy atom. The summed E-state index contributed by atoms with van der Waals surface area (Å²) in [6.07, 6.45) is 3.42. The van der Waals surface area contributed by atoms with Crippen molar-refractivity contribution in [1.82, 2.24) is 0 Å². The zero-order chi connectivity index (χ0) is 10.9. The topological polar surface area (TPSA) is 35.2 Å². The smallest absolute Gasteiger partial charge is 0.119 e. The number of para-hydroxylation sites is 1. The maximum Gasteiger partial charge on any atom is 0.119 e. The molecule has 2 N–H and O–H groups in total. The fraction of sp³-hybridized carbons (Fsp3) is 0.538. The van der Waals surface area contributed by atoms with E-state index in [9.17, 15) is 0 Å². The number of hydrogen-bond donors (Lipinski definition) is 1. The molecule has 2 nitrogen and oxygen atoms in total. The maximum absolute atomic E-state index is 5.64. The maximum atomic E-state index is 5.64. The van der Waals surface area contributed by atoms with Gasteiger partial charge >= 0.3 is 0 Å². The third kappa shape index (κ3) is 4.84. The Labute approximate surface area is 92.4 Å². The van der Waals surface area contributed by atoms with Crippen molar-refractivity contribution < 1.29 is 4.74 Å². The molecule has 0 bridgehead atoms. The van der Waals surface area contributed by atoms with Crippen LogP contribution in [0.1, 0.15) is 26.2 Å². The second kappa shape index (κ2) is 7.30. The van der Waals surface area contributed by atoms with Gasteiger partial charge in [0.05, 0.1) is 6.61 Å². The lowest BCUT2D eigenvalue weighted by atomic mass is 10.0. The van der Waals surface area contributed by atoms with Crippen LogP contribution >= 0.6 is 0 Å². The van der Waals surface area contributed by atoms with E-state index in [1.54, 1.807) is 0 Å². The molecule has 2 heteroatoms. The molecule has 15 heavy (non-hydrogen) atoms. The van der Waals surface area contributed by atoms with Crippen LogP contribution in [0, 0.1) is 5.92 Å². The van der Waals surface area contributed by atoms with Gasteiger partial charge < -0.3 is 10.5 Å². The molecular formula is C13H21NO. The fourth-order valence-corrected chi connectivity index (χ4v) is 1.57. The van der Waals surface area contributed by atoms with E-state index in [2.05, 4.69) is 6.92 Å². The van der Waals surface area contributed by atoms with Gasteiger partial charge in [-0.2, -0.15) is 0 Å². The zero-order valence-electron chi connectivity index (χ0n) is 9.49. The summed E-state index contributed by atoms with van der Waals surface area (Å²) in [7, 11) is 0. The highest BCUT2D eigenvalue weighted by Crippen LogP contribution is 2.12. The van der Waals surface area contributed by atoms with E-state index in [1.807, 2.05) is 30.3 Å². The Balaban J connectivity index is 2.12. The van der Waals surface area contributed by atoms with Crippen molar-refractivity contribution in [3.05, 3.63) is 30.3 Å². The molecule has 0 aliphatic heterocycles. The van der Waals surface area contributed by atoms with Gasteiger partial charge in [-0.05, 0) is 37.4 Å². The summed E-state index contributed by atoms with van der Waals surface area (Å²) in [4.78, 5) is 0. The standard InChI is InChI=1S/C13H21NO/c1-2-12(11-14)7-6-10-15-13-8-4-3-5-9-13/h3-5,8-9,12H,2,6-7,10-11,14H2,1H3. The molecule has 0 spiro atoms. The van der Waals surface area contributed by atoms with Crippen LogP contribution in [0.3, 0.4) is 0 Å². The van der Waals surface area contributed by atoms with Crippen LogP contribution in [0.2, 0.25) is 0 Å². The van der Waals surface area contributed by atoms with Gasteiger partial charge in [-0.15, -0.1) is 0 Å². The largest absolute Gasteiger partial charge is 0.494 e. The Kier molecular flexibility index (Phi) is 5.86. The molecule has 1 aromatic rings. The number of nitrogens with two attached hydrogens (primary N) is 1. The Bertz CT molecular complexity index is 244. The molecule has 0 amide bonds. The first-order valence-corrected chi connectivity index (χ1v) is 5.74. The lowest BCUT2D eigenvalue weighted by Crippen LogP contribution is -2.14. The molecule has 0 saturated carbocycles. The van der Waals surface area contributed by atoms with Gasteiger partial charge in [-0.3, -0.25) is 0 Å². The third-order valence-electron chi connectivity index (χ3n) is 2.68. The van der Waals surface area contributed by atoms with E-state index >= 15 is 0 Å². The average molecular weight is 207 g/mol. The lowest BCUT2D eigenvalue weighted by Gasteiger charge is -2.12. The van der Waals surface area contributed by atoms with Crippen molar-refractivity contribution in [3.63, 3.8) is 0 Å².